The van der Waals surface area contributed by atoms with Crippen LogP contribution in [0.5, 0.6) is 5.75 Å². The predicted molar refractivity (Wildman–Crippen MR) is 86.5 cm³/mol. The van der Waals surface area contributed by atoms with Gasteiger partial charge in [0.25, 0.3) is 0 Å². The SMILES string of the molecule is CNC(c1ccc2c(c1)COC2)c1ccc(Br)cc1OC. The van der Waals surface area contributed by atoms with Gasteiger partial charge in [0.1, 0.15) is 5.75 Å². The summed E-state index contributed by atoms with van der Waals surface area (Å²) in [6.07, 6.45) is 0. The van der Waals surface area contributed by atoms with E-state index < -0.39 is 0 Å². The van der Waals surface area contributed by atoms with Gasteiger partial charge in [0.2, 0.25) is 0 Å². The molecule has 1 aliphatic heterocycles. The first-order valence-corrected chi connectivity index (χ1v) is 7.72. The molecule has 0 radical (unpaired) electrons. The number of benzene rings is 2. The molecule has 0 spiro atoms. The first-order chi connectivity index (χ1) is 10.2. The Morgan fingerprint density at radius 3 is 2.71 bits per heavy atom. The van der Waals surface area contributed by atoms with Crippen molar-refractivity contribution in [1.82, 2.24) is 5.32 Å². The van der Waals surface area contributed by atoms with Gasteiger partial charge >= 0.3 is 0 Å². The second kappa shape index (κ2) is 6.18. The van der Waals surface area contributed by atoms with Crippen LogP contribution in [-0.2, 0) is 18.0 Å². The van der Waals surface area contributed by atoms with Crippen molar-refractivity contribution in [2.45, 2.75) is 19.3 Å². The maximum Gasteiger partial charge on any atom is 0.125 e. The molecular weight excluding hydrogens is 330 g/mol. The first kappa shape index (κ1) is 14.6. The van der Waals surface area contributed by atoms with Gasteiger partial charge in [-0.1, -0.05) is 40.2 Å². The zero-order valence-electron chi connectivity index (χ0n) is 12.2. The second-order valence-corrected chi connectivity index (χ2v) is 6.04. The molecule has 3 rings (SSSR count). The molecular formula is C17H18BrNO2. The lowest BCUT2D eigenvalue weighted by atomic mass is 9.95. The third-order valence-corrected chi connectivity index (χ3v) is 4.37. The molecule has 0 amide bonds. The molecule has 21 heavy (non-hydrogen) atoms. The van der Waals surface area contributed by atoms with Gasteiger partial charge in [-0.3, -0.25) is 0 Å². The summed E-state index contributed by atoms with van der Waals surface area (Å²) in [5.41, 5.74) is 4.92. The van der Waals surface area contributed by atoms with Crippen molar-refractivity contribution in [2.24, 2.45) is 0 Å². The van der Waals surface area contributed by atoms with Crippen LogP contribution < -0.4 is 10.1 Å². The van der Waals surface area contributed by atoms with E-state index in [1.54, 1.807) is 7.11 Å². The zero-order chi connectivity index (χ0) is 14.8. The van der Waals surface area contributed by atoms with Crippen LogP contribution >= 0.6 is 15.9 Å². The summed E-state index contributed by atoms with van der Waals surface area (Å²) in [6, 6.07) is 12.8. The number of nitrogens with one attached hydrogen (secondary N) is 1. The van der Waals surface area contributed by atoms with Crippen molar-refractivity contribution in [1.29, 1.82) is 0 Å². The van der Waals surface area contributed by atoms with Crippen molar-refractivity contribution in [2.75, 3.05) is 14.2 Å². The number of halogens is 1. The number of rotatable bonds is 4. The number of fused-ring (bicyclic) bond motifs is 1. The highest BCUT2D eigenvalue weighted by Crippen LogP contribution is 2.33. The smallest absolute Gasteiger partial charge is 0.125 e. The molecule has 1 atom stereocenters. The number of hydrogen-bond acceptors (Lipinski definition) is 3. The fourth-order valence-electron chi connectivity index (χ4n) is 2.80. The summed E-state index contributed by atoms with van der Waals surface area (Å²) in [7, 11) is 3.67. The molecule has 0 bridgehead atoms. The van der Waals surface area contributed by atoms with E-state index in [-0.39, 0.29) is 6.04 Å². The van der Waals surface area contributed by atoms with Crippen molar-refractivity contribution in [3.05, 3.63) is 63.1 Å². The first-order valence-electron chi connectivity index (χ1n) is 6.93. The van der Waals surface area contributed by atoms with Gasteiger partial charge in [-0.15, -0.1) is 0 Å². The Balaban J connectivity index is 2.02. The Hall–Kier alpha value is -1.36. The molecule has 3 nitrogen and oxygen atoms in total. The van der Waals surface area contributed by atoms with Crippen molar-refractivity contribution < 1.29 is 9.47 Å². The number of ether oxygens (including phenoxy) is 2. The van der Waals surface area contributed by atoms with E-state index in [0.717, 1.165) is 22.4 Å². The van der Waals surface area contributed by atoms with Gasteiger partial charge in [0.05, 0.1) is 26.4 Å². The van der Waals surface area contributed by atoms with Crippen LogP contribution in [-0.4, -0.2) is 14.2 Å². The quantitative estimate of drug-likeness (QED) is 0.912. The average molecular weight is 348 g/mol. The minimum atomic E-state index is 0.0962. The van der Waals surface area contributed by atoms with E-state index in [0.29, 0.717) is 6.61 Å². The van der Waals surface area contributed by atoms with Gasteiger partial charge in [0, 0.05) is 10.0 Å². The Morgan fingerprint density at radius 2 is 1.95 bits per heavy atom. The molecule has 2 aromatic rings. The van der Waals surface area contributed by atoms with E-state index >= 15 is 0 Å². The Morgan fingerprint density at radius 1 is 1.14 bits per heavy atom. The van der Waals surface area contributed by atoms with Gasteiger partial charge in [-0.25, -0.2) is 0 Å². The van der Waals surface area contributed by atoms with Crippen LogP contribution in [0.4, 0.5) is 0 Å². The summed E-state index contributed by atoms with van der Waals surface area (Å²) in [4.78, 5) is 0. The van der Waals surface area contributed by atoms with E-state index in [1.165, 1.54) is 16.7 Å². The van der Waals surface area contributed by atoms with Gasteiger partial charge < -0.3 is 14.8 Å². The lowest BCUT2D eigenvalue weighted by Crippen LogP contribution is -2.18. The van der Waals surface area contributed by atoms with Crippen LogP contribution in [0.1, 0.15) is 28.3 Å². The Kier molecular flexibility index (Phi) is 4.29. The normalized spacial score (nSPS) is 14.8. The fraction of sp³-hybridized carbons (Fsp3) is 0.294. The lowest BCUT2D eigenvalue weighted by molar-refractivity contribution is 0.134. The Labute approximate surface area is 133 Å². The van der Waals surface area contributed by atoms with Crippen LogP contribution in [0.2, 0.25) is 0 Å². The standard InChI is InChI=1S/C17H18BrNO2/c1-19-17(15-6-5-14(18)8-16(15)20-2)11-3-4-12-9-21-10-13(12)7-11/h3-8,17,19H,9-10H2,1-2H3. The number of hydrogen-bond donors (Lipinski definition) is 1. The minimum Gasteiger partial charge on any atom is -0.496 e. The van der Waals surface area contributed by atoms with Crippen LogP contribution in [0, 0.1) is 0 Å². The van der Waals surface area contributed by atoms with E-state index in [4.69, 9.17) is 9.47 Å². The third-order valence-electron chi connectivity index (χ3n) is 3.87. The maximum atomic E-state index is 5.53. The van der Waals surface area contributed by atoms with Crippen LogP contribution in [0.3, 0.4) is 0 Å². The molecule has 2 aromatic carbocycles. The van der Waals surface area contributed by atoms with Crippen molar-refractivity contribution >= 4 is 15.9 Å². The zero-order valence-corrected chi connectivity index (χ0v) is 13.7. The average Bonchev–Trinajstić information content (AvgIpc) is 2.97. The molecule has 4 heteroatoms. The summed E-state index contributed by atoms with van der Waals surface area (Å²) >= 11 is 3.49. The molecule has 0 aliphatic carbocycles. The molecule has 110 valence electrons. The van der Waals surface area contributed by atoms with Crippen LogP contribution in [0.25, 0.3) is 0 Å². The molecule has 1 unspecified atom stereocenters. The summed E-state index contributed by atoms with van der Waals surface area (Å²) in [6.45, 7) is 1.43. The molecule has 1 heterocycles. The lowest BCUT2D eigenvalue weighted by Gasteiger charge is -2.20. The fourth-order valence-corrected chi connectivity index (χ4v) is 3.14. The molecule has 0 aromatic heterocycles. The second-order valence-electron chi connectivity index (χ2n) is 5.13. The Bertz CT molecular complexity index is 657. The molecule has 0 saturated carbocycles. The van der Waals surface area contributed by atoms with Crippen LogP contribution in [0.15, 0.2) is 40.9 Å². The molecule has 1 N–H and O–H groups in total. The van der Waals surface area contributed by atoms with E-state index in [2.05, 4.69) is 45.5 Å². The predicted octanol–water partition coefficient (Wildman–Crippen LogP) is 3.80. The topological polar surface area (TPSA) is 30.5 Å². The van der Waals surface area contributed by atoms with Gasteiger partial charge in [0.15, 0.2) is 0 Å². The number of methoxy groups -OCH3 is 1. The molecule has 0 saturated heterocycles. The third kappa shape index (κ3) is 2.84. The van der Waals surface area contributed by atoms with E-state index in [9.17, 15) is 0 Å². The molecule has 1 aliphatic rings. The van der Waals surface area contributed by atoms with Gasteiger partial charge in [-0.2, -0.15) is 0 Å². The van der Waals surface area contributed by atoms with E-state index in [1.807, 2.05) is 19.2 Å². The largest absolute Gasteiger partial charge is 0.496 e. The molecule has 0 fully saturated rings. The maximum absolute atomic E-state index is 5.53. The highest BCUT2D eigenvalue weighted by molar-refractivity contribution is 9.10. The monoisotopic (exact) mass is 347 g/mol. The minimum absolute atomic E-state index is 0.0962. The van der Waals surface area contributed by atoms with Crippen molar-refractivity contribution in [3.8, 4) is 5.75 Å². The summed E-state index contributed by atoms with van der Waals surface area (Å²) in [5.74, 6) is 0.875. The van der Waals surface area contributed by atoms with Gasteiger partial charge in [-0.05, 0) is 35.9 Å². The highest BCUT2D eigenvalue weighted by Gasteiger charge is 2.19. The highest BCUT2D eigenvalue weighted by atomic mass is 79.9. The van der Waals surface area contributed by atoms with Crippen molar-refractivity contribution in [3.63, 3.8) is 0 Å². The summed E-state index contributed by atoms with van der Waals surface area (Å²) < 4.78 is 12.0. The summed E-state index contributed by atoms with van der Waals surface area (Å²) in [5, 5.41) is 3.38.